The van der Waals surface area contributed by atoms with Crippen molar-refractivity contribution in [2.45, 2.75) is 39.3 Å². The molecule has 4 heteroatoms. The summed E-state index contributed by atoms with van der Waals surface area (Å²) in [6, 6.07) is 16.9. The maximum atomic E-state index is 3.68. The Morgan fingerprint density at radius 3 is 2.42 bits per heavy atom. The number of halogens is 2. The number of fused-ring (bicyclic) bond motifs is 3. The van der Waals surface area contributed by atoms with E-state index < -0.39 is 0 Å². The van der Waals surface area contributed by atoms with Gasteiger partial charge in [-0.15, -0.1) is 59.7 Å². The van der Waals surface area contributed by atoms with Gasteiger partial charge in [-0.1, -0.05) is 60.0 Å². The summed E-state index contributed by atoms with van der Waals surface area (Å²) in [4.78, 5) is 0. The fourth-order valence-corrected chi connectivity index (χ4v) is 3.40. The molecule has 2 aromatic carbocycles. The van der Waals surface area contributed by atoms with Crippen LogP contribution < -0.4 is 0 Å². The van der Waals surface area contributed by atoms with Crippen molar-refractivity contribution in [3.8, 4) is 11.1 Å². The molecule has 0 heterocycles. The average molecular weight is 480 g/mol. The van der Waals surface area contributed by atoms with Crippen molar-refractivity contribution in [1.29, 1.82) is 0 Å². The Kier molecular flexibility index (Phi) is 9.83. The van der Waals surface area contributed by atoms with Crippen molar-refractivity contribution in [3.63, 3.8) is 0 Å². The maximum absolute atomic E-state index is 3.68. The van der Waals surface area contributed by atoms with Gasteiger partial charge in [-0.05, 0) is 24.8 Å². The Morgan fingerprint density at radius 2 is 1.73 bits per heavy atom. The maximum Gasteiger partial charge on any atom is -0.147 e. The molecule has 0 N–H and O–H groups in total. The predicted molar refractivity (Wildman–Crippen MR) is 116 cm³/mol. The molecule has 2 aromatic rings. The number of hydrogen-bond donors (Lipinski definition) is 0. The van der Waals surface area contributed by atoms with Gasteiger partial charge in [0.25, 0.3) is 0 Å². The largest absolute Gasteiger partial charge is 0.147 e. The SMILES string of the molecule is CCC1=C(c2[c-]c3c(cc2)-c2ccccc2C3)CC=C1.C[Si](C)=[Zr].Cl.Cl. The molecule has 0 unspecified atom stereocenters. The zero-order valence-electron chi connectivity index (χ0n) is 15.6. The van der Waals surface area contributed by atoms with E-state index in [0.29, 0.717) is 0 Å². The van der Waals surface area contributed by atoms with Crippen molar-refractivity contribution in [2.75, 3.05) is 0 Å². The Bertz CT molecular complexity index is 849. The van der Waals surface area contributed by atoms with E-state index in [1.54, 1.807) is 23.3 Å². The molecular weight excluding hydrogens is 454 g/mol. The third-order valence-corrected chi connectivity index (χ3v) is 4.44. The second-order valence-electron chi connectivity index (χ2n) is 6.56. The topological polar surface area (TPSA) is 0 Å². The van der Waals surface area contributed by atoms with Gasteiger partial charge in [-0.3, -0.25) is 0 Å². The van der Waals surface area contributed by atoms with Crippen LogP contribution in [0.2, 0.25) is 13.1 Å². The molecule has 0 spiro atoms. The first kappa shape index (κ1) is 23.6. The minimum absolute atomic E-state index is 0. The Balaban J connectivity index is 0.000000516. The van der Waals surface area contributed by atoms with Crippen LogP contribution in [0, 0.1) is 6.07 Å². The normalized spacial score (nSPS) is 13.0. The van der Waals surface area contributed by atoms with Crippen LogP contribution in [-0.4, -0.2) is 5.43 Å². The van der Waals surface area contributed by atoms with E-state index in [2.05, 4.69) is 74.6 Å². The van der Waals surface area contributed by atoms with Crippen molar-refractivity contribution in [1.82, 2.24) is 0 Å². The summed E-state index contributed by atoms with van der Waals surface area (Å²) in [6.07, 6.45) is 7.74. The van der Waals surface area contributed by atoms with Crippen LogP contribution in [0.1, 0.15) is 36.5 Å². The van der Waals surface area contributed by atoms with Gasteiger partial charge in [0.1, 0.15) is 0 Å². The smallest absolute Gasteiger partial charge is 0.147 e. The van der Waals surface area contributed by atoms with Gasteiger partial charge in [0.15, 0.2) is 0 Å². The van der Waals surface area contributed by atoms with Gasteiger partial charge in [0.2, 0.25) is 0 Å². The van der Waals surface area contributed by atoms with Crippen LogP contribution in [0.25, 0.3) is 16.7 Å². The molecule has 0 bridgehead atoms. The van der Waals surface area contributed by atoms with E-state index >= 15 is 0 Å². The van der Waals surface area contributed by atoms with Crippen LogP contribution in [0.5, 0.6) is 0 Å². The standard InChI is InChI=1S/C20H17.C2H6Si.2ClH.Zr/c1-2-14-7-5-9-18(14)16-10-11-20-17(13-16)12-15-6-3-4-8-19(15)20;1-3-2;;;/h3-8,10-11H,2,9,12H2,1H3;1-2H3;2*1H;/q-1;;;;. The number of rotatable bonds is 2. The fraction of sp³-hybridized carbons (Fsp3) is 0.273. The van der Waals surface area contributed by atoms with Crippen LogP contribution in [-0.2, 0) is 29.8 Å². The van der Waals surface area contributed by atoms with Gasteiger partial charge >= 0.3 is 41.9 Å². The molecule has 0 atom stereocenters. The van der Waals surface area contributed by atoms with E-state index in [-0.39, 0.29) is 30.2 Å². The molecule has 2 aliphatic rings. The summed E-state index contributed by atoms with van der Waals surface area (Å²) in [5.41, 5.74) is 9.99. The van der Waals surface area contributed by atoms with Crippen LogP contribution in [0.4, 0.5) is 0 Å². The predicted octanol–water partition coefficient (Wildman–Crippen LogP) is 6.81. The summed E-state index contributed by atoms with van der Waals surface area (Å²) in [6.45, 7) is 6.85. The van der Waals surface area contributed by atoms with Crippen LogP contribution in [0.15, 0.2) is 54.1 Å². The van der Waals surface area contributed by atoms with E-state index in [1.807, 2.05) is 0 Å². The molecule has 0 radical (unpaired) electrons. The van der Waals surface area contributed by atoms with E-state index in [0.717, 1.165) is 19.3 Å². The van der Waals surface area contributed by atoms with Crippen molar-refractivity contribution in [2.24, 2.45) is 0 Å². The molecule has 4 rings (SSSR count). The molecule has 0 saturated heterocycles. The van der Waals surface area contributed by atoms with E-state index in [1.165, 1.54) is 39.0 Å². The molecule has 0 aliphatic heterocycles. The Hall–Kier alpha value is -0.400. The summed E-state index contributed by atoms with van der Waals surface area (Å²) < 4.78 is 0. The molecular formula is C22H25Cl2SiZr-. The summed E-state index contributed by atoms with van der Waals surface area (Å²) in [5, 5.41) is 0. The molecule has 0 saturated carbocycles. The first-order valence-corrected chi connectivity index (χ1v) is 14.8. The van der Waals surface area contributed by atoms with Crippen LogP contribution >= 0.6 is 24.8 Å². The monoisotopic (exact) mass is 477 g/mol. The Labute approximate surface area is 185 Å². The van der Waals surface area contributed by atoms with E-state index in [9.17, 15) is 0 Å². The van der Waals surface area contributed by atoms with E-state index in [4.69, 9.17) is 0 Å². The third kappa shape index (κ3) is 5.32. The second-order valence-corrected chi connectivity index (χ2v) is 15.9. The first-order valence-electron chi connectivity index (χ1n) is 8.64. The van der Waals surface area contributed by atoms with Gasteiger partial charge < -0.3 is 0 Å². The average Bonchev–Trinajstić information content (AvgIpc) is 3.17. The summed E-state index contributed by atoms with van der Waals surface area (Å²) >= 11 is 1.74. The van der Waals surface area contributed by atoms with Gasteiger partial charge in [0.05, 0.1) is 0 Å². The van der Waals surface area contributed by atoms with Crippen LogP contribution in [0.3, 0.4) is 0 Å². The third-order valence-electron chi connectivity index (χ3n) is 4.44. The molecule has 2 aliphatic carbocycles. The summed E-state index contributed by atoms with van der Waals surface area (Å²) in [7, 11) is 0. The quantitative estimate of drug-likeness (QED) is 0.280. The molecule has 0 nitrogen and oxygen atoms in total. The fourth-order valence-electron chi connectivity index (χ4n) is 3.40. The van der Waals surface area contributed by atoms with Gasteiger partial charge in [0, 0.05) is 0 Å². The minimum atomic E-state index is 0. The molecule has 0 fully saturated rings. The molecule has 26 heavy (non-hydrogen) atoms. The number of allylic oxidation sites excluding steroid dienone is 4. The minimum Gasteiger partial charge on any atom is -0.147 e. The zero-order chi connectivity index (χ0) is 17.1. The Morgan fingerprint density at radius 1 is 1.04 bits per heavy atom. The number of benzene rings is 2. The molecule has 0 amide bonds. The first-order chi connectivity index (χ1) is 11.6. The summed E-state index contributed by atoms with van der Waals surface area (Å²) in [5.74, 6) is 0. The molecule has 0 aromatic heterocycles. The van der Waals surface area contributed by atoms with Crippen molar-refractivity contribution < 1.29 is 23.3 Å². The molecule has 136 valence electrons. The zero-order valence-corrected chi connectivity index (χ0v) is 20.6. The van der Waals surface area contributed by atoms with Gasteiger partial charge in [-0.25, -0.2) is 0 Å². The number of hydrogen-bond acceptors (Lipinski definition) is 0. The second kappa shape index (κ2) is 10.8. The van der Waals surface area contributed by atoms with Gasteiger partial charge in [-0.2, -0.15) is 0 Å². The van der Waals surface area contributed by atoms with Crippen molar-refractivity contribution in [3.05, 3.63) is 76.9 Å². The van der Waals surface area contributed by atoms with Crippen molar-refractivity contribution >= 4 is 35.8 Å².